The van der Waals surface area contributed by atoms with Crippen molar-refractivity contribution in [3.05, 3.63) is 35.1 Å². The number of piperidine rings is 1. The molecule has 0 radical (unpaired) electrons. The SMILES string of the molecule is CNC1CCCN(C(=O)c2cc(C)cc(F)c2)C1. The van der Waals surface area contributed by atoms with Gasteiger partial charge in [-0.3, -0.25) is 4.79 Å². The van der Waals surface area contributed by atoms with E-state index in [4.69, 9.17) is 0 Å². The number of hydrogen-bond acceptors (Lipinski definition) is 2. The molecule has 1 aromatic rings. The molecule has 1 aliphatic heterocycles. The zero-order valence-corrected chi connectivity index (χ0v) is 10.9. The van der Waals surface area contributed by atoms with Crippen LogP contribution in [0.4, 0.5) is 4.39 Å². The van der Waals surface area contributed by atoms with Crippen molar-refractivity contribution in [1.82, 2.24) is 10.2 Å². The van der Waals surface area contributed by atoms with Gasteiger partial charge in [-0.25, -0.2) is 4.39 Å². The van der Waals surface area contributed by atoms with Crippen molar-refractivity contribution in [3.63, 3.8) is 0 Å². The van der Waals surface area contributed by atoms with E-state index in [1.165, 1.54) is 12.1 Å². The fraction of sp³-hybridized carbons (Fsp3) is 0.500. The van der Waals surface area contributed by atoms with Gasteiger partial charge in [0, 0.05) is 24.7 Å². The second-order valence-corrected chi connectivity index (χ2v) is 4.90. The normalized spacial score (nSPS) is 19.9. The monoisotopic (exact) mass is 250 g/mol. The van der Waals surface area contributed by atoms with Gasteiger partial charge in [0.15, 0.2) is 0 Å². The summed E-state index contributed by atoms with van der Waals surface area (Å²) in [6, 6.07) is 4.84. The Kier molecular flexibility index (Phi) is 3.97. The zero-order valence-electron chi connectivity index (χ0n) is 10.9. The van der Waals surface area contributed by atoms with E-state index in [1.807, 2.05) is 7.05 Å². The van der Waals surface area contributed by atoms with E-state index in [0.29, 0.717) is 18.2 Å². The number of likely N-dealkylation sites (N-methyl/N-ethyl adjacent to an activating group) is 1. The minimum Gasteiger partial charge on any atom is -0.337 e. The molecule has 1 N–H and O–H groups in total. The van der Waals surface area contributed by atoms with E-state index in [0.717, 1.165) is 24.9 Å². The lowest BCUT2D eigenvalue weighted by molar-refractivity contribution is 0.0697. The number of carbonyl (C=O) groups is 1. The van der Waals surface area contributed by atoms with Gasteiger partial charge in [-0.2, -0.15) is 0 Å². The highest BCUT2D eigenvalue weighted by Crippen LogP contribution is 2.15. The van der Waals surface area contributed by atoms with E-state index in [-0.39, 0.29) is 11.7 Å². The maximum atomic E-state index is 13.3. The maximum Gasteiger partial charge on any atom is 0.254 e. The van der Waals surface area contributed by atoms with Gasteiger partial charge in [-0.05, 0) is 50.6 Å². The van der Waals surface area contributed by atoms with E-state index in [9.17, 15) is 9.18 Å². The maximum absolute atomic E-state index is 13.3. The molecule has 1 aliphatic rings. The summed E-state index contributed by atoms with van der Waals surface area (Å²) in [6.45, 7) is 3.25. The Morgan fingerprint density at radius 1 is 1.44 bits per heavy atom. The quantitative estimate of drug-likeness (QED) is 0.870. The summed E-state index contributed by atoms with van der Waals surface area (Å²) in [5, 5.41) is 3.20. The number of rotatable bonds is 2. The molecule has 1 unspecified atom stereocenters. The lowest BCUT2D eigenvalue weighted by Gasteiger charge is -2.32. The average molecular weight is 250 g/mol. The van der Waals surface area contributed by atoms with Crippen molar-refractivity contribution >= 4 is 5.91 Å². The highest BCUT2D eigenvalue weighted by Gasteiger charge is 2.23. The molecule has 1 atom stereocenters. The highest BCUT2D eigenvalue weighted by atomic mass is 19.1. The topological polar surface area (TPSA) is 32.3 Å². The second-order valence-electron chi connectivity index (χ2n) is 4.90. The number of benzene rings is 1. The van der Waals surface area contributed by atoms with Gasteiger partial charge >= 0.3 is 0 Å². The van der Waals surface area contributed by atoms with Gasteiger partial charge in [-0.1, -0.05) is 0 Å². The fourth-order valence-electron chi connectivity index (χ4n) is 2.44. The highest BCUT2D eigenvalue weighted by molar-refractivity contribution is 5.94. The predicted octanol–water partition coefficient (Wildman–Crippen LogP) is 1.96. The summed E-state index contributed by atoms with van der Waals surface area (Å²) < 4.78 is 13.3. The van der Waals surface area contributed by atoms with Gasteiger partial charge in [0.2, 0.25) is 0 Å². The van der Waals surface area contributed by atoms with Crippen molar-refractivity contribution in [1.29, 1.82) is 0 Å². The van der Waals surface area contributed by atoms with Gasteiger partial charge < -0.3 is 10.2 Å². The number of likely N-dealkylation sites (tertiary alicyclic amines) is 1. The van der Waals surface area contributed by atoms with Crippen LogP contribution in [0.25, 0.3) is 0 Å². The van der Waals surface area contributed by atoms with E-state index in [2.05, 4.69) is 5.32 Å². The fourth-order valence-corrected chi connectivity index (χ4v) is 2.44. The number of nitrogens with one attached hydrogen (secondary N) is 1. The second kappa shape index (κ2) is 5.48. The van der Waals surface area contributed by atoms with Gasteiger partial charge in [0.05, 0.1) is 0 Å². The van der Waals surface area contributed by atoms with Crippen LogP contribution in [-0.4, -0.2) is 37.0 Å². The number of carbonyl (C=O) groups excluding carboxylic acids is 1. The molecule has 1 heterocycles. The number of aryl methyl sites for hydroxylation is 1. The summed E-state index contributed by atoms with van der Waals surface area (Å²) in [7, 11) is 1.91. The first-order valence-electron chi connectivity index (χ1n) is 6.34. The van der Waals surface area contributed by atoms with Crippen LogP contribution in [0.2, 0.25) is 0 Å². The van der Waals surface area contributed by atoms with Crippen LogP contribution in [0.1, 0.15) is 28.8 Å². The summed E-state index contributed by atoms with van der Waals surface area (Å²) in [4.78, 5) is 14.1. The first-order chi connectivity index (χ1) is 8.60. The number of halogens is 1. The minimum atomic E-state index is -0.347. The van der Waals surface area contributed by atoms with Crippen LogP contribution < -0.4 is 5.32 Å². The molecule has 3 nitrogen and oxygen atoms in total. The molecule has 0 spiro atoms. The lowest BCUT2D eigenvalue weighted by atomic mass is 10.0. The van der Waals surface area contributed by atoms with Crippen LogP contribution in [0, 0.1) is 12.7 Å². The number of hydrogen-bond donors (Lipinski definition) is 1. The Balaban J connectivity index is 2.15. The van der Waals surface area contributed by atoms with Crippen molar-refractivity contribution in [3.8, 4) is 0 Å². The summed E-state index contributed by atoms with van der Waals surface area (Å²) in [5.74, 6) is -0.418. The largest absolute Gasteiger partial charge is 0.337 e. The third kappa shape index (κ3) is 2.88. The summed E-state index contributed by atoms with van der Waals surface area (Å²) in [5.41, 5.74) is 1.23. The predicted molar refractivity (Wildman–Crippen MR) is 69.1 cm³/mol. The molecule has 0 aliphatic carbocycles. The molecule has 0 aromatic heterocycles. The van der Waals surface area contributed by atoms with E-state index >= 15 is 0 Å². The standard InChI is InChI=1S/C14H19FN2O/c1-10-6-11(8-12(15)7-10)14(18)17-5-3-4-13(9-17)16-2/h6-8,13,16H,3-5,9H2,1-2H3. The number of amides is 1. The molecule has 1 amide bonds. The smallest absolute Gasteiger partial charge is 0.254 e. The Labute approximate surface area is 107 Å². The van der Waals surface area contributed by atoms with Crippen molar-refractivity contribution < 1.29 is 9.18 Å². The molecule has 98 valence electrons. The Morgan fingerprint density at radius 3 is 2.89 bits per heavy atom. The lowest BCUT2D eigenvalue weighted by Crippen LogP contribution is -2.47. The number of nitrogens with zero attached hydrogens (tertiary/aromatic N) is 1. The van der Waals surface area contributed by atoms with Crippen molar-refractivity contribution in [2.24, 2.45) is 0 Å². The van der Waals surface area contributed by atoms with Crippen LogP contribution >= 0.6 is 0 Å². The van der Waals surface area contributed by atoms with Crippen molar-refractivity contribution in [2.75, 3.05) is 20.1 Å². The van der Waals surface area contributed by atoms with E-state index < -0.39 is 0 Å². The minimum absolute atomic E-state index is 0.0717. The molecule has 4 heteroatoms. The summed E-state index contributed by atoms with van der Waals surface area (Å²) >= 11 is 0. The Morgan fingerprint density at radius 2 is 2.22 bits per heavy atom. The molecular formula is C14H19FN2O. The molecule has 18 heavy (non-hydrogen) atoms. The van der Waals surface area contributed by atoms with E-state index in [1.54, 1.807) is 17.9 Å². The van der Waals surface area contributed by atoms with Crippen molar-refractivity contribution in [2.45, 2.75) is 25.8 Å². The average Bonchev–Trinajstić information content (AvgIpc) is 2.37. The first-order valence-corrected chi connectivity index (χ1v) is 6.34. The molecule has 0 saturated carbocycles. The Hall–Kier alpha value is -1.42. The molecule has 2 rings (SSSR count). The molecule has 1 saturated heterocycles. The zero-order chi connectivity index (χ0) is 13.1. The molecule has 0 bridgehead atoms. The van der Waals surface area contributed by atoms with Gasteiger partial charge in [0.1, 0.15) is 5.82 Å². The van der Waals surface area contributed by atoms with Crippen LogP contribution in [0.5, 0.6) is 0 Å². The molecular weight excluding hydrogens is 231 g/mol. The third-order valence-corrected chi connectivity index (χ3v) is 3.41. The van der Waals surface area contributed by atoms with Crippen LogP contribution in [0.15, 0.2) is 18.2 Å². The molecule has 1 aromatic carbocycles. The van der Waals surface area contributed by atoms with Gasteiger partial charge in [-0.15, -0.1) is 0 Å². The third-order valence-electron chi connectivity index (χ3n) is 3.41. The van der Waals surface area contributed by atoms with Crippen LogP contribution in [-0.2, 0) is 0 Å². The van der Waals surface area contributed by atoms with Crippen LogP contribution in [0.3, 0.4) is 0 Å². The van der Waals surface area contributed by atoms with Gasteiger partial charge in [0.25, 0.3) is 5.91 Å². The Bertz CT molecular complexity index is 427. The first kappa shape index (κ1) is 13.0. The molecule has 1 fully saturated rings. The summed E-state index contributed by atoms with van der Waals surface area (Å²) in [6.07, 6.45) is 2.08.